The maximum Gasteiger partial charge on any atom is 0.200 e. The Hall–Kier alpha value is -3.14. The molecule has 0 fully saturated rings. The average molecular weight is 345 g/mol. The van der Waals surface area contributed by atoms with E-state index in [0.29, 0.717) is 16.8 Å². The topological polar surface area (TPSA) is 57.8 Å². The van der Waals surface area contributed by atoms with E-state index in [1.54, 1.807) is 0 Å². The Bertz CT molecular complexity index is 983. The second-order valence-corrected chi connectivity index (χ2v) is 6.65. The summed E-state index contributed by atoms with van der Waals surface area (Å²) in [5.41, 5.74) is 7.27. The Morgan fingerprint density at radius 3 is 2.62 bits per heavy atom. The first-order valence-electron chi connectivity index (χ1n) is 8.61. The minimum atomic E-state index is -0.0179. The molecule has 1 aliphatic carbocycles. The van der Waals surface area contributed by atoms with Crippen LogP contribution in [0.2, 0.25) is 0 Å². The number of nitrogens with one attached hydrogen (secondary N) is 2. The summed E-state index contributed by atoms with van der Waals surface area (Å²) in [7, 11) is 0. The molecule has 3 rings (SSSR count). The van der Waals surface area contributed by atoms with Gasteiger partial charge in [-0.3, -0.25) is 9.89 Å². The van der Waals surface area contributed by atoms with Crippen molar-refractivity contribution in [3.05, 3.63) is 77.2 Å². The summed E-state index contributed by atoms with van der Waals surface area (Å²) in [5, 5.41) is 10.7. The van der Waals surface area contributed by atoms with Crippen molar-refractivity contribution in [1.29, 1.82) is 0 Å². The molecule has 0 bridgehead atoms. The van der Waals surface area contributed by atoms with Gasteiger partial charge in [0.2, 0.25) is 0 Å². The van der Waals surface area contributed by atoms with Crippen LogP contribution in [0.25, 0.3) is 16.8 Å². The summed E-state index contributed by atoms with van der Waals surface area (Å²) in [6.45, 7) is 11.8. The Kier molecular flexibility index (Phi) is 4.76. The van der Waals surface area contributed by atoms with E-state index in [1.165, 1.54) is 5.57 Å². The van der Waals surface area contributed by atoms with Crippen LogP contribution < -0.4 is 5.32 Å². The van der Waals surface area contributed by atoms with E-state index in [2.05, 4.69) is 22.1 Å². The lowest BCUT2D eigenvalue weighted by Crippen LogP contribution is -2.05. The van der Waals surface area contributed by atoms with Gasteiger partial charge in [-0.05, 0) is 33.8 Å². The molecule has 2 N–H and O–H groups in total. The summed E-state index contributed by atoms with van der Waals surface area (Å²) in [4.78, 5) is 13.2. The zero-order valence-corrected chi connectivity index (χ0v) is 15.6. The summed E-state index contributed by atoms with van der Waals surface area (Å²) in [5.74, 6) is -0.0179. The van der Waals surface area contributed by atoms with Crippen LogP contribution in [0, 0.1) is 0 Å². The van der Waals surface area contributed by atoms with Gasteiger partial charge in [0, 0.05) is 16.8 Å². The largest absolute Gasteiger partial charge is 0.359 e. The van der Waals surface area contributed by atoms with Gasteiger partial charge in [-0.2, -0.15) is 5.10 Å². The van der Waals surface area contributed by atoms with Crippen LogP contribution in [0.1, 0.15) is 49.3 Å². The third-order valence-electron chi connectivity index (χ3n) is 4.12. The SMILES string of the molecule is C=C(C)Nc1cccc2c1C(=O)c1c(C(/C=C\C)=C/C=C(C)C)n[nH]c1-2. The van der Waals surface area contributed by atoms with Crippen LogP contribution in [0.15, 0.2) is 60.4 Å². The molecule has 1 aliphatic rings. The molecule has 0 radical (unpaired) electrons. The van der Waals surface area contributed by atoms with Crippen LogP contribution in [0.4, 0.5) is 5.69 Å². The molecule has 26 heavy (non-hydrogen) atoms. The van der Waals surface area contributed by atoms with E-state index in [4.69, 9.17) is 0 Å². The Labute approximate surface area is 154 Å². The minimum Gasteiger partial charge on any atom is -0.359 e. The molecular formula is C22H23N3O. The Morgan fingerprint density at radius 1 is 1.19 bits per heavy atom. The predicted octanol–water partition coefficient (Wildman–Crippen LogP) is 5.49. The number of H-pyrrole nitrogens is 1. The fourth-order valence-corrected chi connectivity index (χ4v) is 3.08. The van der Waals surface area contributed by atoms with Crippen molar-refractivity contribution in [1.82, 2.24) is 10.2 Å². The molecule has 0 saturated heterocycles. The number of allylic oxidation sites excluding steroid dienone is 7. The molecule has 0 unspecified atom stereocenters. The van der Waals surface area contributed by atoms with Gasteiger partial charge in [0.05, 0.1) is 22.5 Å². The van der Waals surface area contributed by atoms with Crippen LogP contribution in [-0.2, 0) is 0 Å². The van der Waals surface area contributed by atoms with Gasteiger partial charge in [-0.1, -0.05) is 48.6 Å². The van der Waals surface area contributed by atoms with E-state index >= 15 is 0 Å². The van der Waals surface area contributed by atoms with Crippen molar-refractivity contribution in [2.75, 3.05) is 5.32 Å². The molecule has 0 atom stereocenters. The number of carbonyl (C=O) groups excluding carboxylic acids is 1. The molecule has 4 nitrogen and oxygen atoms in total. The van der Waals surface area contributed by atoms with E-state index < -0.39 is 0 Å². The first-order valence-corrected chi connectivity index (χ1v) is 8.61. The van der Waals surface area contributed by atoms with E-state index in [9.17, 15) is 4.79 Å². The summed E-state index contributed by atoms with van der Waals surface area (Å²) < 4.78 is 0. The van der Waals surface area contributed by atoms with Crippen LogP contribution in [0.3, 0.4) is 0 Å². The van der Waals surface area contributed by atoms with Crippen LogP contribution in [0.5, 0.6) is 0 Å². The summed E-state index contributed by atoms with van der Waals surface area (Å²) >= 11 is 0. The van der Waals surface area contributed by atoms with Gasteiger partial charge in [0.25, 0.3) is 0 Å². The second-order valence-electron chi connectivity index (χ2n) is 6.65. The van der Waals surface area contributed by atoms with Crippen LogP contribution >= 0.6 is 0 Å². The molecule has 4 heteroatoms. The number of hydrogen-bond donors (Lipinski definition) is 2. The lowest BCUT2D eigenvalue weighted by atomic mass is 10.0. The first-order chi connectivity index (χ1) is 12.4. The number of benzene rings is 1. The quantitative estimate of drug-likeness (QED) is 0.601. The zero-order chi connectivity index (χ0) is 18.8. The van der Waals surface area contributed by atoms with Gasteiger partial charge in [0.1, 0.15) is 5.69 Å². The van der Waals surface area contributed by atoms with Crippen molar-refractivity contribution in [2.24, 2.45) is 0 Å². The van der Waals surface area contributed by atoms with E-state index in [0.717, 1.165) is 28.2 Å². The fourth-order valence-electron chi connectivity index (χ4n) is 3.08. The Balaban J connectivity index is 2.16. The number of carbonyl (C=O) groups is 1. The molecule has 0 amide bonds. The van der Waals surface area contributed by atoms with Gasteiger partial charge in [-0.25, -0.2) is 0 Å². The smallest absolute Gasteiger partial charge is 0.200 e. The van der Waals surface area contributed by atoms with Crippen LogP contribution in [-0.4, -0.2) is 16.0 Å². The second kappa shape index (κ2) is 7.00. The number of fused-ring (bicyclic) bond motifs is 3. The minimum absolute atomic E-state index is 0.0179. The van der Waals surface area contributed by atoms with E-state index in [1.807, 2.05) is 70.2 Å². The molecule has 0 spiro atoms. The number of anilines is 1. The lowest BCUT2D eigenvalue weighted by molar-refractivity contribution is 0.104. The highest BCUT2D eigenvalue weighted by Gasteiger charge is 2.34. The van der Waals surface area contributed by atoms with Crippen molar-refractivity contribution >= 4 is 17.0 Å². The highest BCUT2D eigenvalue weighted by molar-refractivity contribution is 6.25. The van der Waals surface area contributed by atoms with Crippen molar-refractivity contribution in [3.63, 3.8) is 0 Å². The molecule has 132 valence electrons. The number of ketones is 1. The molecule has 1 heterocycles. The fraction of sp³-hybridized carbons (Fsp3) is 0.182. The van der Waals surface area contributed by atoms with Gasteiger partial charge >= 0.3 is 0 Å². The maximum atomic E-state index is 13.2. The average Bonchev–Trinajstić information content (AvgIpc) is 3.12. The Morgan fingerprint density at radius 2 is 1.96 bits per heavy atom. The molecule has 1 aromatic carbocycles. The van der Waals surface area contributed by atoms with Crippen molar-refractivity contribution in [2.45, 2.75) is 27.7 Å². The number of hydrogen-bond acceptors (Lipinski definition) is 3. The molecule has 0 saturated carbocycles. The van der Waals surface area contributed by atoms with Crippen molar-refractivity contribution in [3.8, 4) is 11.3 Å². The molecule has 1 aromatic heterocycles. The molecular weight excluding hydrogens is 322 g/mol. The van der Waals surface area contributed by atoms with Gasteiger partial charge < -0.3 is 5.32 Å². The third-order valence-corrected chi connectivity index (χ3v) is 4.12. The number of aromatic amines is 1. The highest BCUT2D eigenvalue weighted by Crippen LogP contribution is 2.42. The number of rotatable bonds is 5. The standard InChI is InChI=1S/C22H23N3O/c1-6-8-15(12-11-13(2)3)20-19-21(25-24-20)16-9-7-10-17(23-14(4)5)18(16)22(19)26/h6-12,23H,4H2,1-3,5H3,(H,24,25)/b8-6-,15-12+. The predicted molar refractivity (Wildman–Crippen MR) is 108 cm³/mol. The highest BCUT2D eigenvalue weighted by atomic mass is 16.1. The summed E-state index contributed by atoms with van der Waals surface area (Å²) in [6, 6.07) is 5.77. The monoisotopic (exact) mass is 345 g/mol. The zero-order valence-electron chi connectivity index (χ0n) is 15.6. The lowest BCUT2D eigenvalue weighted by Gasteiger charge is -2.10. The number of aromatic nitrogens is 2. The molecule has 0 aliphatic heterocycles. The molecule has 2 aromatic rings. The van der Waals surface area contributed by atoms with Gasteiger partial charge in [0.15, 0.2) is 5.78 Å². The third kappa shape index (κ3) is 3.06. The van der Waals surface area contributed by atoms with Gasteiger partial charge in [-0.15, -0.1) is 0 Å². The van der Waals surface area contributed by atoms with Crippen molar-refractivity contribution < 1.29 is 4.79 Å². The maximum absolute atomic E-state index is 13.2. The summed E-state index contributed by atoms with van der Waals surface area (Å²) in [6.07, 6.45) is 7.94. The normalized spacial score (nSPS) is 12.9. The van der Waals surface area contributed by atoms with E-state index in [-0.39, 0.29) is 5.78 Å². The first kappa shape index (κ1) is 17.7. The number of nitrogens with zero attached hydrogens (tertiary/aromatic N) is 1.